The van der Waals surface area contributed by atoms with Gasteiger partial charge in [-0.15, -0.1) is 0 Å². The van der Waals surface area contributed by atoms with E-state index in [2.05, 4.69) is 15.8 Å². The van der Waals surface area contributed by atoms with E-state index in [1.807, 2.05) is 4.90 Å². The van der Waals surface area contributed by atoms with Crippen LogP contribution in [0.15, 0.2) is 36.5 Å². The van der Waals surface area contributed by atoms with Gasteiger partial charge < -0.3 is 19.3 Å². The summed E-state index contributed by atoms with van der Waals surface area (Å²) < 4.78 is 34.3. The number of anilines is 1. The standard InChI is InChI=1S/C19H18F2N4O3/c1-27-16-11-13(4-5-15(16)28-19(20)21)18(26)25-9-7-24(8-10-25)17-14(12-22)3-2-6-23-17/h2-6,11,19H,7-10H2,1H3. The minimum Gasteiger partial charge on any atom is -0.493 e. The Labute approximate surface area is 160 Å². The van der Waals surface area contributed by atoms with Crippen LogP contribution in [0.3, 0.4) is 0 Å². The fraction of sp³-hybridized carbons (Fsp3) is 0.316. The maximum Gasteiger partial charge on any atom is 0.387 e. The van der Waals surface area contributed by atoms with Crippen molar-refractivity contribution in [1.29, 1.82) is 5.26 Å². The van der Waals surface area contributed by atoms with E-state index in [0.29, 0.717) is 43.1 Å². The average Bonchev–Trinajstić information content (AvgIpc) is 2.73. The van der Waals surface area contributed by atoms with Gasteiger partial charge in [0.05, 0.1) is 12.7 Å². The third-order valence-corrected chi connectivity index (χ3v) is 4.40. The predicted octanol–water partition coefficient (Wildman–Crippen LogP) is 2.53. The van der Waals surface area contributed by atoms with Gasteiger partial charge in [0.25, 0.3) is 5.91 Å². The van der Waals surface area contributed by atoms with Crippen molar-refractivity contribution in [3.63, 3.8) is 0 Å². The Balaban J connectivity index is 1.69. The molecule has 0 N–H and O–H groups in total. The van der Waals surface area contributed by atoms with Crippen molar-refractivity contribution in [2.24, 2.45) is 0 Å². The molecule has 28 heavy (non-hydrogen) atoms. The monoisotopic (exact) mass is 388 g/mol. The van der Waals surface area contributed by atoms with Crippen molar-refractivity contribution in [2.75, 3.05) is 38.2 Å². The molecule has 1 aromatic carbocycles. The number of alkyl halides is 2. The summed E-state index contributed by atoms with van der Waals surface area (Å²) in [6.07, 6.45) is 1.63. The van der Waals surface area contributed by atoms with Gasteiger partial charge >= 0.3 is 6.61 Å². The van der Waals surface area contributed by atoms with Crippen LogP contribution in [0.1, 0.15) is 15.9 Å². The van der Waals surface area contributed by atoms with Gasteiger partial charge in [0.2, 0.25) is 0 Å². The Kier molecular flexibility index (Phi) is 5.89. The van der Waals surface area contributed by atoms with Gasteiger partial charge in [0, 0.05) is 37.9 Å². The van der Waals surface area contributed by atoms with Gasteiger partial charge in [-0.3, -0.25) is 4.79 Å². The molecular formula is C19H18F2N4O3. The zero-order valence-corrected chi connectivity index (χ0v) is 15.1. The molecule has 1 amide bonds. The quantitative estimate of drug-likeness (QED) is 0.783. The third kappa shape index (κ3) is 4.11. The van der Waals surface area contributed by atoms with Gasteiger partial charge in [-0.1, -0.05) is 0 Å². The van der Waals surface area contributed by atoms with Crippen LogP contribution in [0.5, 0.6) is 11.5 Å². The van der Waals surface area contributed by atoms with E-state index < -0.39 is 6.61 Å². The number of nitriles is 1. The zero-order chi connectivity index (χ0) is 20.1. The second kappa shape index (κ2) is 8.52. The average molecular weight is 388 g/mol. The summed E-state index contributed by atoms with van der Waals surface area (Å²) >= 11 is 0. The summed E-state index contributed by atoms with van der Waals surface area (Å²) in [5, 5.41) is 9.21. The topological polar surface area (TPSA) is 78.7 Å². The van der Waals surface area contributed by atoms with Gasteiger partial charge in [0.1, 0.15) is 11.9 Å². The van der Waals surface area contributed by atoms with Crippen LogP contribution in [-0.4, -0.2) is 55.7 Å². The molecule has 0 saturated carbocycles. The number of pyridine rings is 1. The van der Waals surface area contributed by atoms with Gasteiger partial charge in [0.15, 0.2) is 11.5 Å². The van der Waals surface area contributed by atoms with E-state index >= 15 is 0 Å². The number of benzene rings is 1. The predicted molar refractivity (Wildman–Crippen MR) is 96.7 cm³/mol. The Bertz CT molecular complexity index is 893. The Morgan fingerprint density at radius 1 is 1.21 bits per heavy atom. The number of ether oxygens (including phenoxy) is 2. The van der Waals surface area contributed by atoms with Crippen LogP contribution < -0.4 is 14.4 Å². The maximum atomic E-state index is 12.8. The second-order valence-corrected chi connectivity index (χ2v) is 6.01. The number of nitrogens with zero attached hydrogens (tertiary/aromatic N) is 4. The van der Waals surface area contributed by atoms with Crippen LogP contribution in [0.4, 0.5) is 14.6 Å². The van der Waals surface area contributed by atoms with Gasteiger partial charge in [-0.05, 0) is 30.3 Å². The lowest BCUT2D eigenvalue weighted by Crippen LogP contribution is -2.49. The SMILES string of the molecule is COc1cc(C(=O)N2CCN(c3ncccc3C#N)CC2)ccc1OC(F)F. The number of carbonyl (C=O) groups is 1. The number of hydrogen-bond donors (Lipinski definition) is 0. The fourth-order valence-electron chi connectivity index (χ4n) is 3.03. The van der Waals surface area contributed by atoms with E-state index in [1.165, 1.54) is 25.3 Å². The van der Waals surface area contributed by atoms with Crippen molar-refractivity contribution in [1.82, 2.24) is 9.88 Å². The molecule has 0 spiro atoms. The first-order valence-electron chi connectivity index (χ1n) is 8.55. The number of hydrogen-bond acceptors (Lipinski definition) is 6. The smallest absolute Gasteiger partial charge is 0.387 e. The third-order valence-electron chi connectivity index (χ3n) is 4.40. The van der Waals surface area contributed by atoms with Crippen molar-refractivity contribution in [3.8, 4) is 17.6 Å². The van der Waals surface area contributed by atoms with E-state index in [1.54, 1.807) is 23.2 Å². The highest BCUT2D eigenvalue weighted by molar-refractivity contribution is 5.95. The zero-order valence-electron chi connectivity index (χ0n) is 15.1. The minimum atomic E-state index is -2.98. The fourth-order valence-corrected chi connectivity index (χ4v) is 3.03. The number of piperazine rings is 1. The van der Waals surface area contributed by atoms with Crippen molar-refractivity contribution < 1.29 is 23.0 Å². The van der Waals surface area contributed by atoms with Crippen molar-refractivity contribution >= 4 is 11.7 Å². The molecule has 1 aliphatic heterocycles. The maximum absolute atomic E-state index is 12.8. The Hall–Kier alpha value is -3.41. The molecule has 0 aliphatic carbocycles. The molecule has 1 fully saturated rings. The molecule has 0 unspecified atom stereocenters. The Morgan fingerprint density at radius 3 is 2.61 bits per heavy atom. The minimum absolute atomic E-state index is 0.0666. The lowest BCUT2D eigenvalue weighted by atomic mass is 10.1. The normalized spacial score (nSPS) is 14.0. The number of aromatic nitrogens is 1. The molecule has 1 aromatic heterocycles. The van der Waals surface area contributed by atoms with Crippen LogP contribution in [0.2, 0.25) is 0 Å². The summed E-state index contributed by atoms with van der Waals surface area (Å²) in [4.78, 5) is 20.6. The summed E-state index contributed by atoms with van der Waals surface area (Å²) in [5.74, 6) is 0.310. The lowest BCUT2D eigenvalue weighted by molar-refractivity contribution is -0.0512. The van der Waals surface area contributed by atoms with E-state index in [4.69, 9.17) is 4.74 Å². The number of rotatable bonds is 5. The molecule has 9 heteroatoms. The molecule has 7 nitrogen and oxygen atoms in total. The Morgan fingerprint density at radius 2 is 1.96 bits per heavy atom. The first-order valence-corrected chi connectivity index (χ1v) is 8.55. The molecule has 0 bridgehead atoms. The van der Waals surface area contributed by atoms with Crippen LogP contribution in [0.25, 0.3) is 0 Å². The number of carbonyl (C=O) groups excluding carboxylic acids is 1. The van der Waals surface area contributed by atoms with Gasteiger partial charge in [-0.25, -0.2) is 4.98 Å². The van der Waals surface area contributed by atoms with Crippen LogP contribution in [-0.2, 0) is 0 Å². The van der Waals surface area contributed by atoms with Crippen molar-refractivity contribution in [2.45, 2.75) is 6.61 Å². The summed E-state index contributed by atoms with van der Waals surface area (Å²) in [6.45, 7) is -1.04. The molecule has 2 heterocycles. The highest BCUT2D eigenvalue weighted by Gasteiger charge is 2.25. The number of amides is 1. The largest absolute Gasteiger partial charge is 0.493 e. The molecule has 2 aromatic rings. The molecule has 3 rings (SSSR count). The van der Waals surface area contributed by atoms with Crippen molar-refractivity contribution in [3.05, 3.63) is 47.7 Å². The number of halogens is 2. The van der Waals surface area contributed by atoms with Gasteiger partial charge in [-0.2, -0.15) is 14.0 Å². The van der Waals surface area contributed by atoms with Crippen LogP contribution >= 0.6 is 0 Å². The highest BCUT2D eigenvalue weighted by atomic mass is 19.3. The molecule has 1 aliphatic rings. The summed E-state index contributed by atoms with van der Waals surface area (Å²) in [7, 11) is 1.32. The molecule has 1 saturated heterocycles. The first kappa shape index (κ1) is 19.4. The number of methoxy groups -OCH3 is 1. The molecule has 0 radical (unpaired) electrons. The first-order chi connectivity index (χ1) is 13.5. The van der Waals surface area contributed by atoms with E-state index in [9.17, 15) is 18.8 Å². The second-order valence-electron chi connectivity index (χ2n) is 6.01. The lowest BCUT2D eigenvalue weighted by Gasteiger charge is -2.35. The van der Waals surface area contributed by atoms with E-state index in [-0.39, 0.29) is 17.4 Å². The highest BCUT2D eigenvalue weighted by Crippen LogP contribution is 2.30. The molecule has 146 valence electrons. The summed E-state index contributed by atoms with van der Waals surface area (Å²) in [5.41, 5.74) is 0.809. The van der Waals surface area contributed by atoms with Crippen LogP contribution in [0, 0.1) is 11.3 Å². The summed E-state index contributed by atoms with van der Waals surface area (Å²) in [6, 6.07) is 9.64. The van der Waals surface area contributed by atoms with E-state index in [0.717, 1.165) is 0 Å². The molecular weight excluding hydrogens is 370 g/mol. The molecule has 0 atom stereocenters.